The second kappa shape index (κ2) is 12.2. The summed E-state index contributed by atoms with van der Waals surface area (Å²) in [6.07, 6.45) is 1.35. The number of hydrogen-bond donors (Lipinski definition) is 1. The first-order valence-corrected chi connectivity index (χ1v) is 11.8. The molecular weight excluding hydrogens is 480 g/mol. The molecule has 6 heteroatoms. The minimum atomic E-state index is -0.671. The number of halogens is 1. The quantitative estimate of drug-likeness (QED) is 0.428. The number of aryl methyl sites for hydroxylation is 1. The van der Waals surface area contributed by atoms with Crippen LogP contribution in [0.15, 0.2) is 83.3 Å². The van der Waals surface area contributed by atoms with Crippen molar-refractivity contribution in [3.8, 4) is 5.75 Å². The molecule has 0 saturated carbocycles. The molecule has 0 aliphatic heterocycles. The second-order valence-electron chi connectivity index (χ2n) is 7.76. The lowest BCUT2D eigenvalue weighted by atomic mass is 10.0. The largest absolute Gasteiger partial charge is 0.484 e. The molecule has 3 rings (SSSR count). The van der Waals surface area contributed by atoms with Gasteiger partial charge in [0.25, 0.3) is 5.91 Å². The first-order valence-electron chi connectivity index (χ1n) is 11.0. The van der Waals surface area contributed by atoms with E-state index in [1.54, 1.807) is 11.9 Å². The normalized spacial score (nSPS) is 11.5. The average molecular weight is 509 g/mol. The van der Waals surface area contributed by atoms with Crippen molar-refractivity contribution >= 4 is 27.7 Å². The molecule has 1 unspecified atom stereocenters. The summed E-state index contributed by atoms with van der Waals surface area (Å²) in [5.41, 5.74) is 3.11. The van der Waals surface area contributed by atoms with Crippen molar-refractivity contribution < 1.29 is 14.3 Å². The fourth-order valence-electron chi connectivity index (χ4n) is 3.60. The smallest absolute Gasteiger partial charge is 0.261 e. The van der Waals surface area contributed by atoms with Crippen molar-refractivity contribution in [3.63, 3.8) is 0 Å². The number of nitrogens with zero attached hydrogens (tertiary/aromatic N) is 1. The molecule has 0 radical (unpaired) electrons. The maximum atomic E-state index is 13.4. The van der Waals surface area contributed by atoms with Crippen LogP contribution in [-0.2, 0) is 29.0 Å². The highest BCUT2D eigenvalue weighted by Crippen LogP contribution is 2.19. The summed E-state index contributed by atoms with van der Waals surface area (Å²) in [7, 11) is 1.59. The molecule has 2 amide bonds. The zero-order valence-electron chi connectivity index (χ0n) is 19.0. The number of benzene rings is 3. The fraction of sp³-hybridized carbons (Fsp3) is 0.259. The third kappa shape index (κ3) is 7.19. The van der Waals surface area contributed by atoms with Crippen LogP contribution >= 0.6 is 15.9 Å². The molecule has 0 aliphatic carbocycles. The monoisotopic (exact) mass is 508 g/mol. The molecule has 3 aromatic carbocycles. The first kappa shape index (κ1) is 24.5. The first-order chi connectivity index (χ1) is 16.0. The van der Waals surface area contributed by atoms with E-state index in [1.807, 2.05) is 78.9 Å². The van der Waals surface area contributed by atoms with E-state index >= 15 is 0 Å². The van der Waals surface area contributed by atoms with Crippen LogP contribution in [0.1, 0.15) is 23.6 Å². The van der Waals surface area contributed by atoms with E-state index in [2.05, 4.69) is 28.2 Å². The van der Waals surface area contributed by atoms with Crippen LogP contribution in [0.2, 0.25) is 0 Å². The zero-order chi connectivity index (χ0) is 23.6. The van der Waals surface area contributed by atoms with Crippen molar-refractivity contribution in [3.05, 3.63) is 100 Å². The van der Waals surface area contributed by atoms with E-state index in [9.17, 15) is 9.59 Å². The van der Waals surface area contributed by atoms with Gasteiger partial charge in [0.05, 0.1) is 0 Å². The summed E-state index contributed by atoms with van der Waals surface area (Å²) in [5.74, 6) is 0.163. The molecule has 0 aromatic heterocycles. The van der Waals surface area contributed by atoms with Gasteiger partial charge in [-0.3, -0.25) is 9.59 Å². The van der Waals surface area contributed by atoms with Crippen LogP contribution in [0.5, 0.6) is 5.75 Å². The van der Waals surface area contributed by atoms with Crippen LogP contribution in [0.25, 0.3) is 0 Å². The van der Waals surface area contributed by atoms with Crippen molar-refractivity contribution in [1.29, 1.82) is 0 Å². The predicted molar refractivity (Wildman–Crippen MR) is 134 cm³/mol. The van der Waals surface area contributed by atoms with E-state index in [1.165, 1.54) is 5.56 Å². The van der Waals surface area contributed by atoms with E-state index < -0.39 is 6.04 Å². The molecule has 0 saturated heterocycles. The van der Waals surface area contributed by atoms with Gasteiger partial charge in [-0.15, -0.1) is 0 Å². The lowest BCUT2D eigenvalue weighted by Crippen LogP contribution is -2.51. The Morgan fingerprint density at radius 3 is 2.27 bits per heavy atom. The number of hydrogen-bond acceptors (Lipinski definition) is 3. The molecule has 33 heavy (non-hydrogen) atoms. The minimum absolute atomic E-state index is 0.151. The number of likely N-dealkylation sites (N-methyl/N-ethyl adjacent to an activating group) is 1. The molecule has 5 nitrogen and oxygen atoms in total. The molecular formula is C27H29BrN2O3. The topological polar surface area (TPSA) is 58.6 Å². The van der Waals surface area contributed by atoms with Gasteiger partial charge in [0.15, 0.2) is 6.61 Å². The standard InChI is InChI=1S/C27H29BrN2O3/c1-3-20-12-14-24(15-13-20)33-19-26(31)30(18-22-10-7-11-23(28)16-22)25(27(32)29-2)17-21-8-5-4-6-9-21/h4-16,25H,3,17-19H2,1-2H3,(H,29,32). The van der Waals surface area contributed by atoms with Crippen LogP contribution in [0, 0.1) is 0 Å². The van der Waals surface area contributed by atoms with Gasteiger partial charge in [0.2, 0.25) is 5.91 Å². The molecule has 0 spiro atoms. The Balaban J connectivity index is 1.85. The summed E-state index contributed by atoms with van der Waals surface area (Å²) in [6.45, 7) is 2.23. The highest BCUT2D eigenvalue weighted by Gasteiger charge is 2.30. The van der Waals surface area contributed by atoms with E-state index in [0.29, 0.717) is 18.7 Å². The Morgan fingerprint density at radius 2 is 1.64 bits per heavy atom. The van der Waals surface area contributed by atoms with Gasteiger partial charge in [-0.05, 0) is 47.4 Å². The SMILES string of the molecule is CCc1ccc(OCC(=O)N(Cc2cccc(Br)c2)C(Cc2ccccc2)C(=O)NC)cc1. The van der Waals surface area contributed by atoms with Crippen molar-refractivity contribution in [2.24, 2.45) is 0 Å². The van der Waals surface area contributed by atoms with Gasteiger partial charge >= 0.3 is 0 Å². The maximum absolute atomic E-state index is 13.4. The summed E-state index contributed by atoms with van der Waals surface area (Å²) < 4.78 is 6.71. The van der Waals surface area contributed by atoms with E-state index in [4.69, 9.17) is 4.74 Å². The van der Waals surface area contributed by atoms with Crippen molar-refractivity contribution in [2.75, 3.05) is 13.7 Å². The molecule has 0 heterocycles. The number of nitrogens with one attached hydrogen (secondary N) is 1. The van der Waals surface area contributed by atoms with E-state index in [0.717, 1.165) is 22.0 Å². The summed E-state index contributed by atoms with van der Waals surface area (Å²) in [5, 5.41) is 2.72. The maximum Gasteiger partial charge on any atom is 0.261 e. The van der Waals surface area contributed by atoms with Crippen LogP contribution < -0.4 is 10.1 Å². The molecule has 172 valence electrons. The highest BCUT2D eigenvalue weighted by atomic mass is 79.9. The Morgan fingerprint density at radius 1 is 0.939 bits per heavy atom. The Kier molecular flexibility index (Phi) is 9.07. The number of ether oxygens (including phenoxy) is 1. The number of carbonyl (C=O) groups excluding carboxylic acids is 2. The second-order valence-corrected chi connectivity index (χ2v) is 8.67. The molecule has 0 fully saturated rings. The molecule has 1 atom stereocenters. The highest BCUT2D eigenvalue weighted by molar-refractivity contribution is 9.10. The lowest BCUT2D eigenvalue weighted by molar-refractivity contribution is -0.142. The molecule has 0 aliphatic rings. The van der Waals surface area contributed by atoms with Crippen LogP contribution in [-0.4, -0.2) is 36.4 Å². The lowest BCUT2D eigenvalue weighted by Gasteiger charge is -2.31. The van der Waals surface area contributed by atoms with Gasteiger partial charge in [-0.2, -0.15) is 0 Å². The Hall–Kier alpha value is -3.12. The summed E-state index contributed by atoms with van der Waals surface area (Å²) in [4.78, 5) is 27.9. The zero-order valence-corrected chi connectivity index (χ0v) is 20.5. The van der Waals surface area contributed by atoms with Gasteiger partial charge in [-0.1, -0.05) is 77.5 Å². The van der Waals surface area contributed by atoms with Gasteiger partial charge in [0.1, 0.15) is 11.8 Å². The van der Waals surface area contributed by atoms with Gasteiger partial charge in [0, 0.05) is 24.5 Å². The average Bonchev–Trinajstić information content (AvgIpc) is 2.85. The minimum Gasteiger partial charge on any atom is -0.484 e. The third-order valence-electron chi connectivity index (χ3n) is 5.45. The summed E-state index contributed by atoms with van der Waals surface area (Å²) >= 11 is 3.49. The molecule has 0 bridgehead atoms. The molecule has 1 N–H and O–H groups in total. The van der Waals surface area contributed by atoms with E-state index in [-0.39, 0.29) is 18.4 Å². The number of amides is 2. The third-order valence-corrected chi connectivity index (χ3v) is 5.95. The Bertz CT molecular complexity index is 1050. The number of rotatable bonds is 10. The number of carbonyl (C=O) groups is 2. The van der Waals surface area contributed by atoms with Crippen LogP contribution in [0.4, 0.5) is 0 Å². The van der Waals surface area contributed by atoms with Crippen LogP contribution in [0.3, 0.4) is 0 Å². The predicted octanol–water partition coefficient (Wildman–Crippen LogP) is 4.78. The van der Waals surface area contributed by atoms with Crippen molar-refractivity contribution in [2.45, 2.75) is 32.4 Å². The fourth-order valence-corrected chi connectivity index (χ4v) is 4.05. The summed E-state index contributed by atoms with van der Waals surface area (Å²) in [6, 6.07) is 24.5. The Labute approximate surface area is 203 Å². The van der Waals surface area contributed by atoms with Gasteiger partial charge in [-0.25, -0.2) is 0 Å². The molecule has 3 aromatic rings. The van der Waals surface area contributed by atoms with Gasteiger partial charge < -0.3 is 15.0 Å². The van der Waals surface area contributed by atoms with Crippen molar-refractivity contribution in [1.82, 2.24) is 10.2 Å².